The number of methoxy groups -OCH3 is 2. The molecule has 1 aliphatic carbocycles. The minimum absolute atomic E-state index is 0.129. The molecule has 0 amide bonds. The molecule has 0 bridgehead atoms. The highest BCUT2D eigenvalue weighted by Crippen LogP contribution is 2.43. The molecule has 6 heteroatoms. The van der Waals surface area contributed by atoms with Crippen molar-refractivity contribution >= 4 is 33.9 Å². The van der Waals surface area contributed by atoms with Crippen LogP contribution >= 0.6 is 22.6 Å². The Morgan fingerprint density at radius 2 is 1.32 bits per heavy atom. The van der Waals surface area contributed by atoms with E-state index in [4.69, 9.17) is 18.9 Å². The summed E-state index contributed by atoms with van der Waals surface area (Å²) in [7, 11) is 3.19. The third kappa shape index (κ3) is 5.55. The van der Waals surface area contributed by atoms with Crippen molar-refractivity contribution in [3.8, 4) is 17.2 Å². The summed E-state index contributed by atoms with van der Waals surface area (Å²) in [4.78, 5) is 13.7. The van der Waals surface area contributed by atoms with Crippen LogP contribution in [-0.2, 0) is 24.4 Å². The predicted molar refractivity (Wildman–Crippen MR) is 156 cm³/mol. The van der Waals surface area contributed by atoms with E-state index in [-0.39, 0.29) is 12.4 Å². The molecule has 0 spiro atoms. The molecule has 4 aromatic carbocycles. The molecule has 0 aromatic heterocycles. The fourth-order valence-electron chi connectivity index (χ4n) is 4.50. The Morgan fingerprint density at radius 1 is 0.737 bits per heavy atom. The second-order valence-electron chi connectivity index (χ2n) is 8.87. The first-order chi connectivity index (χ1) is 18.6. The Balaban J connectivity index is 1.56. The minimum Gasteiger partial charge on any atom is -0.493 e. The van der Waals surface area contributed by atoms with Gasteiger partial charge in [0.2, 0.25) is 11.5 Å². The molecule has 0 atom stereocenters. The Labute approximate surface area is 236 Å². The van der Waals surface area contributed by atoms with Crippen LogP contribution in [0.4, 0.5) is 0 Å². The van der Waals surface area contributed by atoms with E-state index >= 15 is 0 Å². The van der Waals surface area contributed by atoms with Crippen LogP contribution in [0.25, 0.3) is 5.57 Å². The molecule has 0 N–H and O–H groups in total. The van der Waals surface area contributed by atoms with Crippen molar-refractivity contribution in [3.63, 3.8) is 0 Å². The number of benzene rings is 4. The number of ketones is 1. The van der Waals surface area contributed by atoms with Gasteiger partial charge in [-0.15, -0.1) is 0 Å². The highest BCUT2D eigenvalue weighted by molar-refractivity contribution is 14.1. The van der Waals surface area contributed by atoms with Gasteiger partial charge in [-0.25, -0.2) is 0 Å². The summed E-state index contributed by atoms with van der Waals surface area (Å²) >= 11 is 2.27. The van der Waals surface area contributed by atoms with E-state index in [1.54, 1.807) is 14.2 Å². The largest absolute Gasteiger partial charge is 0.493 e. The van der Waals surface area contributed by atoms with Gasteiger partial charge in [-0.3, -0.25) is 4.79 Å². The van der Waals surface area contributed by atoms with Crippen LogP contribution in [0.15, 0.2) is 96.8 Å². The van der Waals surface area contributed by atoms with Gasteiger partial charge in [0.15, 0.2) is 17.3 Å². The second kappa shape index (κ2) is 11.7. The molecule has 0 saturated carbocycles. The summed E-state index contributed by atoms with van der Waals surface area (Å²) in [6, 6.07) is 29.4. The lowest BCUT2D eigenvalue weighted by Gasteiger charge is -2.24. The molecule has 1 aliphatic rings. The van der Waals surface area contributed by atoms with Gasteiger partial charge in [-0.2, -0.15) is 0 Å². The van der Waals surface area contributed by atoms with Crippen LogP contribution in [0.2, 0.25) is 0 Å². The molecule has 38 heavy (non-hydrogen) atoms. The molecule has 4 aromatic rings. The van der Waals surface area contributed by atoms with Crippen LogP contribution in [-0.4, -0.2) is 20.0 Å². The van der Waals surface area contributed by atoms with Gasteiger partial charge < -0.3 is 18.9 Å². The lowest BCUT2D eigenvalue weighted by Crippen LogP contribution is -2.18. The standard InChI is InChI=1S/C32H27IO5/c1-35-28-17-24(18-29(36-2)32(28)38-20-22-11-7-4-8-12-22)27-16-23-15-25(33)13-14-26(23)30(34)31(27)37-19-21-9-5-3-6-10-21/h3-15,17-18H,16,19-20H2,1-2H3. The summed E-state index contributed by atoms with van der Waals surface area (Å²) < 4.78 is 24.9. The Kier molecular flexibility index (Phi) is 7.98. The predicted octanol–water partition coefficient (Wildman–Crippen LogP) is 7.25. The monoisotopic (exact) mass is 618 g/mol. The SMILES string of the molecule is COc1cc(C2=C(OCc3ccccc3)C(=O)c3ccc(I)cc3C2)cc(OC)c1OCc1ccccc1. The quantitative estimate of drug-likeness (QED) is 0.185. The number of rotatable bonds is 9. The summed E-state index contributed by atoms with van der Waals surface area (Å²) in [6.45, 7) is 0.656. The lowest BCUT2D eigenvalue weighted by atomic mass is 9.85. The van der Waals surface area contributed by atoms with Gasteiger partial charge in [0, 0.05) is 21.1 Å². The van der Waals surface area contributed by atoms with Gasteiger partial charge in [0.1, 0.15) is 13.2 Å². The first-order valence-corrected chi connectivity index (χ1v) is 13.3. The van der Waals surface area contributed by atoms with Crippen molar-refractivity contribution in [2.45, 2.75) is 19.6 Å². The maximum Gasteiger partial charge on any atom is 0.228 e. The molecule has 0 saturated heterocycles. The summed E-state index contributed by atoms with van der Waals surface area (Å²) in [5.41, 5.74) is 5.22. The molecule has 0 aliphatic heterocycles. The number of Topliss-reactive ketones (excluding diaryl/α,β-unsaturated/α-hetero) is 1. The first-order valence-electron chi connectivity index (χ1n) is 12.2. The third-order valence-electron chi connectivity index (χ3n) is 6.42. The van der Waals surface area contributed by atoms with E-state index in [1.807, 2.05) is 91.0 Å². The minimum atomic E-state index is -0.129. The van der Waals surface area contributed by atoms with Crippen LogP contribution in [0, 0.1) is 3.57 Å². The van der Waals surface area contributed by atoms with Crippen molar-refractivity contribution in [2.75, 3.05) is 14.2 Å². The van der Waals surface area contributed by atoms with Crippen molar-refractivity contribution in [1.82, 2.24) is 0 Å². The Bertz CT molecular complexity index is 1450. The molecule has 192 valence electrons. The van der Waals surface area contributed by atoms with E-state index in [2.05, 4.69) is 22.6 Å². The highest BCUT2D eigenvalue weighted by atomic mass is 127. The van der Waals surface area contributed by atoms with E-state index in [0.717, 1.165) is 31.4 Å². The molecular formula is C32H27IO5. The van der Waals surface area contributed by atoms with E-state index in [0.29, 0.717) is 41.6 Å². The van der Waals surface area contributed by atoms with Crippen molar-refractivity contribution in [3.05, 3.63) is 128 Å². The van der Waals surface area contributed by atoms with Crippen molar-refractivity contribution in [1.29, 1.82) is 0 Å². The van der Waals surface area contributed by atoms with Gasteiger partial charge >= 0.3 is 0 Å². The van der Waals surface area contributed by atoms with Gasteiger partial charge in [-0.1, -0.05) is 60.7 Å². The number of allylic oxidation sites excluding steroid dienone is 2. The number of fused-ring (bicyclic) bond motifs is 1. The molecule has 0 radical (unpaired) electrons. The molecule has 0 heterocycles. The molecule has 5 nitrogen and oxygen atoms in total. The van der Waals surface area contributed by atoms with Crippen LogP contribution in [0.5, 0.6) is 17.2 Å². The highest BCUT2D eigenvalue weighted by Gasteiger charge is 2.30. The Hall–Kier alpha value is -3.78. The van der Waals surface area contributed by atoms with Crippen molar-refractivity contribution < 1.29 is 23.7 Å². The fraction of sp³-hybridized carbons (Fsp3) is 0.156. The zero-order chi connectivity index (χ0) is 26.5. The van der Waals surface area contributed by atoms with Crippen LogP contribution < -0.4 is 14.2 Å². The van der Waals surface area contributed by atoms with Gasteiger partial charge in [-0.05, 0) is 75.2 Å². The van der Waals surface area contributed by atoms with E-state index in [9.17, 15) is 4.79 Å². The van der Waals surface area contributed by atoms with Gasteiger partial charge in [0.05, 0.1) is 14.2 Å². The average molecular weight is 618 g/mol. The number of carbonyl (C=O) groups excluding carboxylic acids is 1. The van der Waals surface area contributed by atoms with Crippen molar-refractivity contribution in [2.24, 2.45) is 0 Å². The zero-order valence-electron chi connectivity index (χ0n) is 21.2. The third-order valence-corrected chi connectivity index (χ3v) is 7.09. The number of hydrogen-bond acceptors (Lipinski definition) is 5. The normalized spacial score (nSPS) is 12.7. The second-order valence-corrected chi connectivity index (χ2v) is 10.1. The van der Waals surface area contributed by atoms with Gasteiger partial charge in [0.25, 0.3) is 0 Å². The Morgan fingerprint density at radius 3 is 1.89 bits per heavy atom. The fourth-order valence-corrected chi connectivity index (χ4v) is 5.06. The average Bonchev–Trinajstić information content (AvgIpc) is 2.96. The lowest BCUT2D eigenvalue weighted by molar-refractivity contribution is 0.0902. The molecule has 0 unspecified atom stereocenters. The molecular weight excluding hydrogens is 591 g/mol. The summed E-state index contributed by atoms with van der Waals surface area (Å²) in [5.74, 6) is 1.75. The van der Waals surface area contributed by atoms with E-state index < -0.39 is 0 Å². The maximum atomic E-state index is 13.7. The molecule has 5 rings (SSSR count). The topological polar surface area (TPSA) is 54.0 Å². The number of carbonyl (C=O) groups is 1. The number of hydrogen-bond donors (Lipinski definition) is 0. The first kappa shape index (κ1) is 25.9. The van der Waals surface area contributed by atoms with Crippen LogP contribution in [0.1, 0.15) is 32.6 Å². The zero-order valence-corrected chi connectivity index (χ0v) is 23.4. The number of halogens is 1. The number of ether oxygens (including phenoxy) is 4. The summed E-state index contributed by atoms with van der Waals surface area (Å²) in [6.07, 6.45) is 0.540. The maximum absolute atomic E-state index is 13.7. The van der Waals surface area contributed by atoms with Crippen LogP contribution in [0.3, 0.4) is 0 Å². The molecule has 0 fully saturated rings. The summed E-state index contributed by atoms with van der Waals surface area (Å²) in [5, 5.41) is 0. The smallest absolute Gasteiger partial charge is 0.228 e. The van der Waals surface area contributed by atoms with E-state index in [1.165, 1.54) is 0 Å².